The number of nitrogens with two attached hydrogens (primary N) is 1. The first-order valence-electron chi connectivity index (χ1n) is 9.67. The first-order chi connectivity index (χ1) is 14.0. The monoisotopic (exact) mass is 387 g/mol. The lowest BCUT2D eigenvalue weighted by Gasteiger charge is -2.29. The summed E-state index contributed by atoms with van der Waals surface area (Å²) in [6.07, 6.45) is 5.79. The summed E-state index contributed by atoms with van der Waals surface area (Å²) in [5.74, 6) is 0.528. The van der Waals surface area contributed by atoms with Crippen molar-refractivity contribution in [1.29, 1.82) is 5.26 Å². The van der Waals surface area contributed by atoms with Gasteiger partial charge in [0.25, 0.3) is 0 Å². The Labute approximate surface area is 171 Å². The first-order valence-corrected chi connectivity index (χ1v) is 9.67. The lowest BCUT2D eigenvalue weighted by atomic mass is 9.80. The van der Waals surface area contributed by atoms with E-state index in [1.807, 2.05) is 45.0 Å². The van der Waals surface area contributed by atoms with Crippen LogP contribution >= 0.6 is 0 Å². The third-order valence-corrected chi connectivity index (χ3v) is 4.80. The van der Waals surface area contributed by atoms with E-state index in [4.69, 9.17) is 15.5 Å². The fraction of sp³-hybridized carbons (Fsp3) is 0.304. The Morgan fingerprint density at radius 1 is 1.21 bits per heavy atom. The van der Waals surface area contributed by atoms with Crippen LogP contribution in [0.15, 0.2) is 70.8 Å². The van der Waals surface area contributed by atoms with Crippen molar-refractivity contribution in [2.75, 3.05) is 0 Å². The lowest BCUT2D eigenvalue weighted by molar-refractivity contribution is 0.283. The highest BCUT2D eigenvalue weighted by Crippen LogP contribution is 2.40. The topological polar surface area (TPSA) is 97.2 Å². The van der Waals surface area contributed by atoms with Crippen molar-refractivity contribution >= 4 is 5.71 Å². The third kappa shape index (κ3) is 4.19. The van der Waals surface area contributed by atoms with Crippen LogP contribution < -0.4 is 5.73 Å². The fourth-order valence-corrected chi connectivity index (χ4v) is 3.57. The number of hydrogen-bond donors (Lipinski definition) is 1. The molecule has 6 nitrogen and oxygen atoms in total. The molecule has 1 aliphatic heterocycles. The summed E-state index contributed by atoms with van der Waals surface area (Å²) in [6.45, 7) is 8.02. The van der Waals surface area contributed by atoms with Crippen LogP contribution in [0.4, 0.5) is 0 Å². The van der Waals surface area contributed by atoms with E-state index in [0.717, 1.165) is 34.4 Å². The number of ether oxygens (including phenoxy) is 1. The molecule has 1 atom stereocenters. The van der Waals surface area contributed by atoms with E-state index in [2.05, 4.69) is 23.0 Å². The summed E-state index contributed by atoms with van der Waals surface area (Å²) in [6, 6.07) is 10.4. The van der Waals surface area contributed by atoms with Gasteiger partial charge >= 0.3 is 0 Å². The van der Waals surface area contributed by atoms with E-state index in [-0.39, 0.29) is 17.8 Å². The molecule has 29 heavy (non-hydrogen) atoms. The molecule has 2 aromatic rings. The van der Waals surface area contributed by atoms with Crippen LogP contribution in [0.2, 0.25) is 0 Å². The minimum absolute atomic E-state index is 0.139. The van der Waals surface area contributed by atoms with Crippen LogP contribution in [0.1, 0.15) is 45.6 Å². The number of aliphatic imine (C=N–C) groups is 1. The van der Waals surface area contributed by atoms with E-state index < -0.39 is 0 Å². The SMILES string of the molecule is CCC(=NC(C)C)C1=C(C)OC(N)=C(C#N)C1c1ccc(-c2cncnc2)cc1. The van der Waals surface area contributed by atoms with Crippen molar-refractivity contribution in [3.8, 4) is 17.2 Å². The Morgan fingerprint density at radius 2 is 1.86 bits per heavy atom. The van der Waals surface area contributed by atoms with Crippen LogP contribution in [0, 0.1) is 11.3 Å². The van der Waals surface area contributed by atoms with Gasteiger partial charge in [0.2, 0.25) is 5.88 Å². The maximum absolute atomic E-state index is 9.82. The summed E-state index contributed by atoms with van der Waals surface area (Å²) in [5.41, 5.74) is 11.2. The van der Waals surface area contributed by atoms with Gasteiger partial charge < -0.3 is 10.5 Å². The molecule has 1 unspecified atom stereocenters. The van der Waals surface area contributed by atoms with Gasteiger partial charge in [-0.15, -0.1) is 0 Å². The smallest absolute Gasteiger partial charge is 0.205 e. The third-order valence-electron chi connectivity index (χ3n) is 4.80. The maximum Gasteiger partial charge on any atom is 0.205 e. The van der Waals surface area contributed by atoms with Gasteiger partial charge in [-0.3, -0.25) is 4.99 Å². The number of hydrogen-bond acceptors (Lipinski definition) is 6. The summed E-state index contributed by atoms with van der Waals surface area (Å²) in [4.78, 5) is 12.9. The molecule has 148 valence electrons. The van der Waals surface area contributed by atoms with Gasteiger partial charge in [-0.25, -0.2) is 9.97 Å². The van der Waals surface area contributed by atoms with Crippen molar-refractivity contribution < 1.29 is 4.74 Å². The molecule has 2 N–H and O–H groups in total. The summed E-state index contributed by atoms with van der Waals surface area (Å²) in [7, 11) is 0. The minimum Gasteiger partial charge on any atom is -0.445 e. The molecule has 0 bridgehead atoms. The van der Waals surface area contributed by atoms with Gasteiger partial charge in [0.15, 0.2) is 0 Å². The molecular formula is C23H25N5O. The number of nitriles is 1. The average Bonchev–Trinajstić information content (AvgIpc) is 2.72. The Kier molecular flexibility index (Phi) is 6.08. The molecular weight excluding hydrogens is 362 g/mol. The van der Waals surface area contributed by atoms with Gasteiger partial charge in [-0.1, -0.05) is 31.2 Å². The number of allylic oxidation sites excluding steroid dienone is 3. The molecule has 0 saturated heterocycles. The second kappa shape index (κ2) is 8.70. The van der Waals surface area contributed by atoms with Crippen molar-refractivity contribution in [3.05, 3.63) is 71.3 Å². The quantitative estimate of drug-likeness (QED) is 0.763. The van der Waals surface area contributed by atoms with Gasteiger partial charge in [-0.05, 0) is 38.3 Å². The van der Waals surface area contributed by atoms with Crippen molar-refractivity contribution in [2.45, 2.75) is 46.1 Å². The largest absolute Gasteiger partial charge is 0.445 e. The second-order valence-electron chi connectivity index (χ2n) is 7.17. The molecule has 0 aliphatic carbocycles. The van der Waals surface area contributed by atoms with Crippen LogP contribution in [0.5, 0.6) is 0 Å². The highest BCUT2D eigenvalue weighted by atomic mass is 16.5. The molecule has 2 heterocycles. The van der Waals surface area contributed by atoms with E-state index >= 15 is 0 Å². The van der Waals surface area contributed by atoms with E-state index in [1.165, 1.54) is 6.33 Å². The zero-order valence-electron chi connectivity index (χ0n) is 17.2. The molecule has 0 amide bonds. The molecule has 1 aliphatic rings. The van der Waals surface area contributed by atoms with Gasteiger partial charge in [-0.2, -0.15) is 5.26 Å². The molecule has 0 fully saturated rings. The van der Waals surface area contributed by atoms with Crippen molar-refractivity contribution in [3.63, 3.8) is 0 Å². The van der Waals surface area contributed by atoms with Crippen LogP contribution in [0.3, 0.4) is 0 Å². The molecule has 1 aromatic carbocycles. The molecule has 0 spiro atoms. The van der Waals surface area contributed by atoms with Crippen molar-refractivity contribution in [1.82, 2.24) is 9.97 Å². The average molecular weight is 387 g/mol. The number of benzene rings is 1. The molecule has 6 heteroatoms. The van der Waals surface area contributed by atoms with Crippen molar-refractivity contribution in [2.24, 2.45) is 10.7 Å². The second-order valence-corrected chi connectivity index (χ2v) is 7.17. The molecule has 1 aromatic heterocycles. The minimum atomic E-state index is -0.313. The van der Waals surface area contributed by atoms with E-state index in [1.54, 1.807) is 12.4 Å². The zero-order valence-corrected chi connectivity index (χ0v) is 17.2. The molecule has 0 radical (unpaired) electrons. The lowest BCUT2D eigenvalue weighted by Crippen LogP contribution is -2.24. The predicted octanol–water partition coefficient (Wildman–Crippen LogP) is 4.48. The van der Waals surface area contributed by atoms with E-state index in [0.29, 0.717) is 11.3 Å². The normalized spacial score (nSPS) is 17.4. The maximum atomic E-state index is 9.82. The summed E-state index contributed by atoms with van der Waals surface area (Å²) < 4.78 is 5.73. The summed E-state index contributed by atoms with van der Waals surface area (Å²) >= 11 is 0. The Hall–Kier alpha value is -3.46. The summed E-state index contributed by atoms with van der Waals surface area (Å²) in [5, 5.41) is 9.82. The number of nitrogens with zero attached hydrogens (tertiary/aromatic N) is 4. The fourth-order valence-electron chi connectivity index (χ4n) is 3.57. The van der Waals surface area contributed by atoms with Gasteiger partial charge in [0.05, 0.1) is 5.92 Å². The number of aromatic nitrogens is 2. The van der Waals surface area contributed by atoms with Crippen LogP contribution in [-0.2, 0) is 4.74 Å². The first kappa shape index (κ1) is 20.3. The molecule has 3 rings (SSSR count). The molecule has 0 saturated carbocycles. The number of rotatable bonds is 5. The highest BCUT2D eigenvalue weighted by Gasteiger charge is 2.33. The van der Waals surface area contributed by atoms with Crippen LogP contribution in [-0.4, -0.2) is 21.7 Å². The Morgan fingerprint density at radius 3 is 2.41 bits per heavy atom. The van der Waals surface area contributed by atoms with E-state index in [9.17, 15) is 5.26 Å². The van der Waals surface area contributed by atoms with Crippen LogP contribution in [0.25, 0.3) is 11.1 Å². The predicted molar refractivity (Wildman–Crippen MR) is 114 cm³/mol. The Bertz CT molecular complexity index is 1010. The van der Waals surface area contributed by atoms with Gasteiger partial charge in [0, 0.05) is 35.3 Å². The standard InChI is InChI=1S/C23H25N5O/c1-5-20(28-14(2)3)21-15(4)29-23(25)19(10-24)22(21)17-8-6-16(7-9-17)18-11-26-13-27-12-18/h6-9,11-14,22H,5,25H2,1-4H3. The zero-order chi connectivity index (χ0) is 21.0. The Balaban J connectivity index is 2.11. The highest BCUT2D eigenvalue weighted by molar-refractivity contribution is 6.03. The van der Waals surface area contributed by atoms with Gasteiger partial charge in [0.1, 0.15) is 23.7 Å².